The molecule has 5 fully saturated rings. The minimum absolute atomic E-state index is 0.121. The van der Waals surface area contributed by atoms with Crippen LogP contribution in [0.1, 0.15) is 82.0 Å². The topological polar surface area (TPSA) is 103 Å². The molecule has 1 amide bonds. The Morgan fingerprint density at radius 2 is 1.97 bits per heavy atom. The molecule has 1 aromatic rings. The quantitative estimate of drug-likeness (QED) is 0.414. The van der Waals surface area contributed by atoms with Crippen LogP contribution in [-0.2, 0) is 4.79 Å². The summed E-state index contributed by atoms with van der Waals surface area (Å²) in [5, 5.41) is 24.7. The molecule has 0 aromatic carbocycles. The van der Waals surface area contributed by atoms with E-state index in [0.29, 0.717) is 35.8 Å². The van der Waals surface area contributed by atoms with E-state index in [1.165, 1.54) is 6.42 Å². The number of hydrogen-bond acceptors (Lipinski definition) is 6. The second-order valence-corrected chi connectivity index (χ2v) is 13.4. The van der Waals surface area contributed by atoms with Gasteiger partial charge in [0.1, 0.15) is 10.8 Å². The van der Waals surface area contributed by atoms with Crippen molar-refractivity contribution in [3.8, 4) is 0 Å². The van der Waals surface area contributed by atoms with E-state index in [9.17, 15) is 19.8 Å². The van der Waals surface area contributed by atoms with E-state index >= 15 is 0 Å². The normalized spacial score (nSPS) is 33.2. The van der Waals surface area contributed by atoms with Crippen LogP contribution in [0.15, 0.2) is 17.2 Å². The molecular formula is C28H41N3O4S. The molecule has 5 aliphatic rings. The third-order valence-electron chi connectivity index (χ3n) is 8.89. The highest BCUT2D eigenvalue weighted by Gasteiger charge is 2.56. The number of aromatic nitrogens is 1. The molecule has 36 heavy (non-hydrogen) atoms. The fourth-order valence-corrected chi connectivity index (χ4v) is 8.69. The second-order valence-electron chi connectivity index (χ2n) is 12.3. The van der Waals surface area contributed by atoms with Gasteiger partial charge in [-0.15, -0.1) is 11.8 Å². The van der Waals surface area contributed by atoms with Crippen LogP contribution >= 0.6 is 11.8 Å². The number of carbonyl (C=O) groups is 2. The summed E-state index contributed by atoms with van der Waals surface area (Å²) < 4.78 is 0. The lowest BCUT2D eigenvalue weighted by molar-refractivity contribution is -0.146. The van der Waals surface area contributed by atoms with Crippen molar-refractivity contribution in [3.63, 3.8) is 0 Å². The SMILES string of the molecule is CC(C)CCSc1nc(N2CCC[C@@H](CC(=O)O)C2)ccc1C(=O)N[C@@H]1C2CC3C[C@@H](C2)CC1(O)C3. The molecule has 1 aromatic heterocycles. The summed E-state index contributed by atoms with van der Waals surface area (Å²) in [5.41, 5.74) is -0.181. The highest BCUT2D eigenvalue weighted by Crippen LogP contribution is 2.55. The van der Waals surface area contributed by atoms with Crippen molar-refractivity contribution in [2.75, 3.05) is 23.7 Å². The molecule has 1 saturated heterocycles. The van der Waals surface area contributed by atoms with Crippen molar-refractivity contribution >= 4 is 29.5 Å². The van der Waals surface area contributed by atoms with Crippen molar-refractivity contribution in [2.24, 2.45) is 29.6 Å². The van der Waals surface area contributed by atoms with Gasteiger partial charge in [-0.05, 0) is 98.8 Å². The largest absolute Gasteiger partial charge is 0.481 e. The minimum atomic E-state index is -0.768. The fraction of sp³-hybridized carbons (Fsp3) is 0.750. The molecule has 3 unspecified atom stereocenters. The van der Waals surface area contributed by atoms with Crippen molar-refractivity contribution in [1.82, 2.24) is 10.3 Å². The number of thioether (sulfide) groups is 1. The molecule has 0 spiro atoms. The molecule has 2 heterocycles. The van der Waals surface area contributed by atoms with Gasteiger partial charge in [0, 0.05) is 19.5 Å². The number of pyridine rings is 1. The first-order valence-corrected chi connectivity index (χ1v) is 14.8. The average molecular weight is 516 g/mol. The number of anilines is 1. The molecule has 7 nitrogen and oxygen atoms in total. The van der Waals surface area contributed by atoms with Gasteiger partial charge in [0.2, 0.25) is 0 Å². The first-order valence-electron chi connectivity index (χ1n) is 13.8. The first kappa shape index (κ1) is 25.8. The number of nitrogens with one attached hydrogen (secondary N) is 1. The highest BCUT2D eigenvalue weighted by atomic mass is 32.2. The summed E-state index contributed by atoms with van der Waals surface area (Å²) in [4.78, 5) is 32.0. The lowest BCUT2D eigenvalue weighted by Gasteiger charge is -2.58. The Morgan fingerprint density at radius 3 is 2.64 bits per heavy atom. The van der Waals surface area contributed by atoms with Crippen LogP contribution in [0, 0.1) is 29.6 Å². The maximum Gasteiger partial charge on any atom is 0.303 e. The Bertz CT molecular complexity index is 972. The van der Waals surface area contributed by atoms with Gasteiger partial charge < -0.3 is 20.4 Å². The number of carbonyl (C=O) groups excluding carboxylic acids is 1. The second kappa shape index (κ2) is 10.5. The van der Waals surface area contributed by atoms with E-state index in [1.807, 2.05) is 12.1 Å². The van der Waals surface area contributed by atoms with Crippen molar-refractivity contribution in [2.45, 2.75) is 88.3 Å². The molecule has 6 rings (SSSR count). The first-order chi connectivity index (χ1) is 17.2. The number of nitrogens with zero attached hydrogens (tertiary/aromatic N) is 2. The van der Waals surface area contributed by atoms with Gasteiger partial charge in [0.15, 0.2) is 0 Å². The molecule has 6 atom stereocenters. The Hall–Kier alpha value is -1.80. The lowest BCUT2D eigenvalue weighted by atomic mass is 9.52. The number of carboxylic acids is 1. The number of amides is 1. The van der Waals surface area contributed by atoms with Crippen LogP contribution in [0.25, 0.3) is 0 Å². The summed E-state index contributed by atoms with van der Waals surface area (Å²) in [5.74, 6) is 3.10. The van der Waals surface area contributed by atoms with Crippen LogP contribution in [0.5, 0.6) is 0 Å². The number of hydrogen-bond donors (Lipinski definition) is 3. The van der Waals surface area contributed by atoms with Crippen LogP contribution in [0.2, 0.25) is 0 Å². The summed E-state index contributed by atoms with van der Waals surface area (Å²) >= 11 is 1.63. The summed E-state index contributed by atoms with van der Waals surface area (Å²) in [6, 6.07) is 3.62. The zero-order valence-corrected chi connectivity index (χ0v) is 22.4. The Kier molecular flexibility index (Phi) is 7.55. The molecule has 8 heteroatoms. The summed E-state index contributed by atoms with van der Waals surface area (Å²) in [6.07, 6.45) is 8.18. The van der Waals surface area contributed by atoms with Gasteiger partial charge in [-0.2, -0.15) is 0 Å². The third kappa shape index (κ3) is 5.54. The van der Waals surface area contributed by atoms with Gasteiger partial charge in [0.05, 0.1) is 17.2 Å². The number of piperidine rings is 1. The van der Waals surface area contributed by atoms with Gasteiger partial charge in [0.25, 0.3) is 5.91 Å². The van der Waals surface area contributed by atoms with E-state index < -0.39 is 11.6 Å². The smallest absolute Gasteiger partial charge is 0.303 e. The Labute approximate surface area is 218 Å². The summed E-state index contributed by atoms with van der Waals surface area (Å²) in [6.45, 7) is 5.92. The van der Waals surface area contributed by atoms with Gasteiger partial charge in [-0.1, -0.05) is 13.8 Å². The maximum absolute atomic E-state index is 13.6. The van der Waals surface area contributed by atoms with Gasteiger partial charge in [-0.3, -0.25) is 9.59 Å². The maximum atomic E-state index is 13.6. The third-order valence-corrected chi connectivity index (χ3v) is 9.91. The average Bonchev–Trinajstić information content (AvgIpc) is 2.80. The highest BCUT2D eigenvalue weighted by molar-refractivity contribution is 7.99. The van der Waals surface area contributed by atoms with Crippen LogP contribution < -0.4 is 10.2 Å². The predicted molar refractivity (Wildman–Crippen MR) is 141 cm³/mol. The molecule has 1 aliphatic heterocycles. The van der Waals surface area contributed by atoms with E-state index in [0.717, 1.165) is 68.1 Å². The van der Waals surface area contributed by atoms with Crippen LogP contribution in [0.4, 0.5) is 5.82 Å². The van der Waals surface area contributed by atoms with E-state index in [1.54, 1.807) is 11.8 Å². The van der Waals surface area contributed by atoms with E-state index in [4.69, 9.17) is 4.98 Å². The number of rotatable bonds is 9. The molecule has 3 N–H and O–H groups in total. The Balaban J connectivity index is 1.34. The summed E-state index contributed by atoms with van der Waals surface area (Å²) in [7, 11) is 0. The van der Waals surface area contributed by atoms with Gasteiger partial charge >= 0.3 is 5.97 Å². The molecular weight excluding hydrogens is 474 g/mol. The monoisotopic (exact) mass is 515 g/mol. The standard InChI is InChI=1S/C28H41N3O4S/c1-17(2)7-9-36-27-22(5-6-23(29-27)31-8-3-4-18(16-31)13-24(32)33)26(34)30-25-21-11-19-10-20(12-21)15-28(25,35)14-19/h5-6,17-21,25,35H,3-4,7-16H2,1-2H3,(H,30,34)(H,32,33)/t18-,19-,20?,21?,25+,28?/m0/s1. The van der Waals surface area contributed by atoms with Crippen LogP contribution in [0.3, 0.4) is 0 Å². The minimum Gasteiger partial charge on any atom is -0.481 e. The van der Waals surface area contributed by atoms with Crippen LogP contribution in [-0.4, -0.2) is 57.6 Å². The van der Waals surface area contributed by atoms with E-state index in [-0.39, 0.29) is 24.3 Å². The Morgan fingerprint density at radius 1 is 1.22 bits per heavy atom. The molecule has 4 bridgehead atoms. The molecule has 198 valence electrons. The van der Waals surface area contributed by atoms with Crippen molar-refractivity contribution in [3.05, 3.63) is 17.7 Å². The fourth-order valence-electron chi connectivity index (χ4n) is 7.44. The molecule has 4 aliphatic carbocycles. The molecule has 0 radical (unpaired) electrons. The molecule has 4 saturated carbocycles. The predicted octanol–water partition coefficient (Wildman–Crippen LogP) is 4.58. The van der Waals surface area contributed by atoms with Crippen molar-refractivity contribution < 1.29 is 19.8 Å². The lowest BCUT2D eigenvalue weighted by Crippen LogP contribution is -2.66. The van der Waals surface area contributed by atoms with Gasteiger partial charge in [-0.25, -0.2) is 4.98 Å². The number of aliphatic carboxylic acids is 1. The zero-order valence-electron chi connectivity index (χ0n) is 21.6. The number of carboxylic acid groups (broad SMARTS) is 1. The zero-order chi connectivity index (χ0) is 25.4. The van der Waals surface area contributed by atoms with E-state index in [2.05, 4.69) is 24.1 Å². The van der Waals surface area contributed by atoms with Crippen molar-refractivity contribution in [1.29, 1.82) is 0 Å². The number of aliphatic hydroxyl groups is 1.